The van der Waals surface area contributed by atoms with E-state index in [1.54, 1.807) is 25.9 Å². The molecule has 0 aliphatic heterocycles. The number of hydrogen-bond acceptors (Lipinski definition) is 8. The van der Waals surface area contributed by atoms with Crippen molar-refractivity contribution < 1.29 is 14.3 Å². The number of amides is 2. The molecule has 0 spiro atoms. The third kappa shape index (κ3) is 7.09. The standard InChI is InChI=1S/C21H31N7O3/c1-6-13(2)16(24-21(30)31-12-15-10-8-7-9-11-15)18(29)23-14(3)17-25-19(22)27-20(26-17)28(4)5/h7-11,13-14,16H,6,12H2,1-5H3,(H,23,29)(H,24,30)(H2,22,25,26,27). The monoisotopic (exact) mass is 429 g/mol. The number of ether oxygens (including phenoxy) is 1. The molecule has 2 aromatic rings. The molecule has 1 heterocycles. The Morgan fingerprint density at radius 3 is 2.39 bits per heavy atom. The van der Waals surface area contributed by atoms with Gasteiger partial charge in [-0.1, -0.05) is 50.6 Å². The SMILES string of the molecule is CCC(C)C(NC(=O)OCc1ccccc1)C(=O)NC(C)c1nc(N)nc(N(C)C)n1. The molecule has 0 radical (unpaired) electrons. The number of aromatic nitrogens is 3. The van der Waals surface area contributed by atoms with E-state index in [4.69, 9.17) is 10.5 Å². The minimum absolute atomic E-state index is 0.0656. The molecule has 0 fully saturated rings. The summed E-state index contributed by atoms with van der Waals surface area (Å²) in [4.78, 5) is 39.4. The van der Waals surface area contributed by atoms with E-state index in [2.05, 4.69) is 25.6 Å². The molecular weight excluding hydrogens is 398 g/mol. The van der Waals surface area contributed by atoms with Gasteiger partial charge in [0.15, 0.2) is 5.82 Å². The van der Waals surface area contributed by atoms with Gasteiger partial charge in [-0.3, -0.25) is 4.79 Å². The molecule has 10 heteroatoms. The summed E-state index contributed by atoms with van der Waals surface area (Å²) in [6, 6.07) is 8.02. The predicted octanol–water partition coefficient (Wildman–Crippen LogP) is 2.04. The van der Waals surface area contributed by atoms with Crippen molar-refractivity contribution in [3.8, 4) is 0 Å². The van der Waals surface area contributed by atoms with Crippen LogP contribution in [-0.4, -0.2) is 47.1 Å². The Morgan fingerprint density at radius 1 is 1.10 bits per heavy atom. The quantitative estimate of drug-likeness (QED) is 0.551. The van der Waals surface area contributed by atoms with Gasteiger partial charge in [0.25, 0.3) is 0 Å². The highest BCUT2D eigenvalue weighted by molar-refractivity contribution is 5.86. The number of nitrogens with zero attached hydrogens (tertiary/aromatic N) is 4. The van der Waals surface area contributed by atoms with E-state index in [1.165, 1.54) is 0 Å². The van der Waals surface area contributed by atoms with Crippen molar-refractivity contribution in [1.29, 1.82) is 0 Å². The molecule has 4 N–H and O–H groups in total. The maximum Gasteiger partial charge on any atom is 0.408 e. The van der Waals surface area contributed by atoms with Gasteiger partial charge in [-0.05, 0) is 18.4 Å². The van der Waals surface area contributed by atoms with Gasteiger partial charge in [-0.2, -0.15) is 15.0 Å². The average molecular weight is 430 g/mol. The minimum atomic E-state index is -0.775. The van der Waals surface area contributed by atoms with Crippen LogP contribution in [0.4, 0.5) is 16.7 Å². The van der Waals surface area contributed by atoms with Crippen LogP contribution in [0.5, 0.6) is 0 Å². The molecule has 0 saturated carbocycles. The second-order valence-electron chi connectivity index (χ2n) is 7.55. The molecule has 10 nitrogen and oxygen atoms in total. The van der Waals surface area contributed by atoms with Crippen molar-refractivity contribution in [3.05, 3.63) is 41.7 Å². The fraction of sp³-hybridized carbons (Fsp3) is 0.476. The van der Waals surface area contributed by atoms with Crippen molar-refractivity contribution in [1.82, 2.24) is 25.6 Å². The maximum atomic E-state index is 12.9. The smallest absolute Gasteiger partial charge is 0.408 e. The van der Waals surface area contributed by atoms with Gasteiger partial charge >= 0.3 is 6.09 Å². The number of anilines is 2. The summed E-state index contributed by atoms with van der Waals surface area (Å²) in [7, 11) is 3.57. The minimum Gasteiger partial charge on any atom is -0.445 e. The van der Waals surface area contributed by atoms with Gasteiger partial charge < -0.3 is 26.0 Å². The van der Waals surface area contributed by atoms with E-state index in [0.717, 1.165) is 5.56 Å². The molecule has 0 saturated heterocycles. The molecule has 1 aromatic carbocycles. The summed E-state index contributed by atoms with van der Waals surface area (Å²) >= 11 is 0. The number of benzene rings is 1. The molecule has 168 valence electrons. The highest BCUT2D eigenvalue weighted by Gasteiger charge is 2.28. The topological polar surface area (TPSA) is 135 Å². The fourth-order valence-electron chi connectivity index (χ4n) is 2.75. The molecule has 2 amide bonds. The lowest BCUT2D eigenvalue weighted by molar-refractivity contribution is -0.125. The second-order valence-corrected chi connectivity index (χ2v) is 7.55. The van der Waals surface area contributed by atoms with Crippen LogP contribution in [0.3, 0.4) is 0 Å². The maximum absolute atomic E-state index is 12.9. The van der Waals surface area contributed by atoms with Crippen LogP contribution in [0.1, 0.15) is 44.6 Å². The van der Waals surface area contributed by atoms with Crippen molar-refractivity contribution in [2.45, 2.75) is 45.9 Å². The van der Waals surface area contributed by atoms with Crippen molar-refractivity contribution in [2.75, 3.05) is 24.7 Å². The number of nitrogens with two attached hydrogens (primary N) is 1. The molecule has 3 atom stereocenters. The van der Waals surface area contributed by atoms with Crippen LogP contribution in [-0.2, 0) is 16.1 Å². The van der Waals surface area contributed by atoms with Gasteiger partial charge in [-0.25, -0.2) is 4.79 Å². The van der Waals surface area contributed by atoms with Crippen LogP contribution in [0.25, 0.3) is 0 Å². The largest absolute Gasteiger partial charge is 0.445 e. The Labute approximate surface area is 182 Å². The first-order valence-electron chi connectivity index (χ1n) is 10.2. The lowest BCUT2D eigenvalue weighted by atomic mass is 9.98. The summed E-state index contributed by atoms with van der Waals surface area (Å²) in [5.41, 5.74) is 6.63. The molecule has 0 aliphatic rings. The summed E-state index contributed by atoms with van der Waals surface area (Å²) < 4.78 is 5.27. The Morgan fingerprint density at radius 2 is 1.77 bits per heavy atom. The Bertz CT molecular complexity index is 877. The van der Waals surface area contributed by atoms with Crippen molar-refractivity contribution in [3.63, 3.8) is 0 Å². The highest BCUT2D eigenvalue weighted by atomic mass is 16.5. The van der Waals surface area contributed by atoms with Crippen LogP contribution in [0.2, 0.25) is 0 Å². The number of nitrogen functional groups attached to an aromatic ring is 1. The zero-order valence-corrected chi connectivity index (χ0v) is 18.6. The van der Waals surface area contributed by atoms with E-state index in [1.807, 2.05) is 44.2 Å². The molecule has 0 bridgehead atoms. The summed E-state index contributed by atoms with van der Waals surface area (Å²) in [6.07, 6.45) is 0.0332. The van der Waals surface area contributed by atoms with Gasteiger partial charge in [0, 0.05) is 14.1 Å². The molecule has 31 heavy (non-hydrogen) atoms. The number of rotatable bonds is 9. The predicted molar refractivity (Wildman–Crippen MR) is 118 cm³/mol. The molecule has 2 rings (SSSR count). The number of carbonyl (C=O) groups excluding carboxylic acids is 2. The van der Waals surface area contributed by atoms with Crippen molar-refractivity contribution in [2.24, 2.45) is 5.92 Å². The number of alkyl carbamates (subject to hydrolysis) is 1. The fourth-order valence-corrected chi connectivity index (χ4v) is 2.75. The number of nitrogens with one attached hydrogen (secondary N) is 2. The molecule has 3 unspecified atom stereocenters. The van der Waals surface area contributed by atoms with Gasteiger partial charge in [0.05, 0.1) is 6.04 Å². The zero-order valence-electron chi connectivity index (χ0n) is 18.6. The summed E-state index contributed by atoms with van der Waals surface area (Å²) in [5.74, 6) is 0.320. The summed E-state index contributed by atoms with van der Waals surface area (Å²) in [5, 5.41) is 5.52. The van der Waals surface area contributed by atoms with Crippen LogP contribution >= 0.6 is 0 Å². The van der Waals surface area contributed by atoms with Gasteiger partial charge in [0.1, 0.15) is 12.6 Å². The van der Waals surface area contributed by atoms with Gasteiger partial charge in [-0.15, -0.1) is 0 Å². The first kappa shape index (κ1) is 23.8. The second kappa shape index (κ2) is 11.1. The third-order valence-electron chi connectivity index (χ3n) is 4.79. The van der Waals surface area contributed by atoms with Crippen molar-refractivity contribution >= 4 is 23.9 Å². The normalized spacial score (nSPS) is 13.6. The molecule has 1 aromatic heterocycles. The Balaban J connectivity index is 2.04. The zero-order chi connectivity index (χ0) is 23.0. The van der Waals surface area contributed by atoms with E-state index in [-0.39, 0.29) is 24.4 Å². The first-order valence-corrected chi connectivity index (χ1v) is 10.2. The van der Waals surface area contributed by atoms with E-state index < -0.39 is 18.2 Å². The third-order valence-corrected chi connectivity index (χ3v) is 4.79. The average Bonchev–Trinajstić information content (AvgIpc) is 2.75. The highest BCUT2D eigenvalue weighted by Crippen LogP contribution is 2.15. The summed E-state index contributed by atoms with van der Waals surface area (Å²) in [6.45, 7) is 5.70. The lowest BCUT2D eigenvalue weighted by Crippen LogP contribution is -2.51. The van der Waals surface area contributed by atoms with E-state index in [9.17, 15) is 9.59 Å². The lowest BCUT2D eigenvalue weighted by Gasteiger charge is -2.25. The van der Waals surface area contributed by atoms with Crippen LogP contribution in [0.15, 0.2) is 30.3 Å². The van der Waals surface area contributed by atoms with Crippen LogP contribution < -0.4 is 21.3 Å². The first-order chi connectivity index (χ1) is 14.7. The molecule has 0 aliphatic carbocycles. The number of hydrogen-bond donors (Lipinski definition) is 3. The Kier molecular flexibility index (Phi) is 8.53. The van der Waals surface area contributed by atoms with Crippen LogP contribution in [0, 0.1) is 5.92 Å². The van der Waals surface area contributed by atoms with E-state index in [0.29, 0.717) is 18.2 Å². The Hall–Kier alpha value is -3.43. The van der Waals surface area contributed by atoms with Gasteiger partial charge in [0.2, 0.25) is 17.8 Å². The number of carbonyl (C=O) groups is 2. The van der Waals surface area contributed by atoms with E-state index >= 15 is 0 Å². The molecular formula is C21H31N7O3.